The fourth-order valence-electron chi connectivity index (χ4n) is 0.783. The van der Waals surface area contributed by atoms with Crippen LogP contribution in [0.1, 0.15) is 12.8 Å². The summed E-state index contributed by atoms with van der Waals surface area (Å²) >= 11 is 0. The average Bonchev–Trinajstić information content (AvgIpc) is 1.91. The summed E-state index contributed by atoms with van der Waals surface area (Å²) in [4.78, 5) is 12.3. The number of nitrogens with zero attached hydrogens (tertiary/aromatic N) is 1. The lowest BCUT2D eigenvalue weighted by atomic mass is 10.4. The van der Waals surface area contributed by atoms with Crippen molar-refractivity contribution in [2.75, 3.05) is 13.6 Å². The largest absolute Gasteiger partial charge is 0.346 e. The summed E-state index contributed by atoms with van der Waals surface area (Å²) < 4.78 is 0. The summed E-state index contributed by atoms with van der Waals surface area (Å²) in [7, 11) is 1.84. The highest BCUT2D eigenvalue weighted by Crippen LogP contribution is 2.04. The van der Waals surface area contributed by atoms with Crippen molar-refractivity contribution >= 4 is 5.91 Å². The number of carbonyl (C=O) groups excluding carboxylic acids is 1. The van der Waals surface area contributed by atoms with Gasteiger partial charge in [0.15, 0.2) is 0 Å². The van der Waals surface area contributed by atoms with Gasteiger partial charge in [0.2, 0.25) is 5.91 Å². The van der Waals surface area contributed by atoms with Gasteiger partial charge in [0.05, 0.1) is 0 Å². The zero-order chi connectivity index (χ0) is 5.28. The molecule has 1 amide bonds. The third kappa shape index (κ3) is 5.65. The number of rotatable bonds is 0. The van der Waals surface area contributed by atoms with Crippen LogP contribution in [-0.2, 0) is 4.79 Å². The second-order valence-corrected chi connectivity index (χ2v) is 1.92. The van der Waals surface area contributed by atoms with Crippen LogP contribution in [0.5, 0.6) is 0 Å². The van der Waals surface area contributed by atoms with Gasteiger partial charge in [0.1, 0.15) is 0 Å². The van der Waals surface area contributed by atoms with Crippen molar-refractivity contribution in [1.82, 2.24) is 11.1 Å². The van der Waals surface area contributed by atoms with E-state index in [1.165, 1.54) is 0 Å². The summed E-state index contributed by atoms with van der Waals surface area (Å²) in [5, 5.41) is 0. The molecule has 0 bridgehead atoms. The molecule has 0 aromatic heterocycles. The third-order valence-electron chi connectivity index (χ3n) is 1.31. The Morgan fingerprint density at radius 1 is 1.27 bits per heavy atom. The van der Waals surface area contributed by atoms with Gasteiger partial charge < -0.3 is 11.1 Å². The third-order valence-corrected chi connectivity index (χ3v) is 1.31. The van der Waals surface area contributed by atoms with Gasteiger partial charge in [-0.05, 0) is 6.42 Å². The molecule has 1 saturated heterocycles. The molecular formula is C5H15F3N2O. The van der Waals surface area contributed by atoms with E-state index >= 15 is 0 Å². The smallest absolute Gasteiger partial charge is 0.222 e. The van der Waals surface area contributed by atoms with Crippen molar-refractivity contribution in [2.45, 2.75) is 12.8 Å². The summed E-state index contributed by atoms with van der Waals surface area (Å²) in [6.07, 6.45) is 1.81. The van der Waals surface area contributed by atoms with Gasteiger partial charge in [0, 0.05) is 20.0 Å². The van der Waals surface area contributed by atoms with Crippen LogP contribution in [0.2, 0.25) is 0 Å². The van der Waals surface area contributed by atoms with Crippen LogP contribution in [0, 0.1) is 0 Å². The number of amides is 1. The Labute approximate surface area is 63.4 Å². The van der Waals surface area contributed by atoms with Crippen LogP contribution in [0.3, 0.4) is 0 Å². The summed E-state index contributed by atoms with van der Waals surface area (Å²) in [5.41, 5.74) is 0. The number of hydrogen-bond donors (Lipinski definition) is 1. The number of carbonyl (C=O) groups is 1. The van der Waals surface area contributed by atoms with E-state index < -0.39 is 0 Å². The SMILES string of the molecule is CN1CCCC1=O.F.F.F.N. The van der Waals surface area contributed by atoms with Crippen molar-refractivity contribution in [3.8, 4) is 0 Å². The topological polar surface area (TPSA) is 55.3 Å². The monoisotopic (exact) mass is 176 g/mol. The van der Waals surface area contributed by atoms with Crippen molar-refractivity contribution in [3.05, 3.63) is 0 Å². The van der Waals surface area contributed by atoms with Gasteiger partial charge in [-0.1, -0.05) is 0 Å². The molecule has 0 unspecified atom stereocenters. The maximum absolute atomic E-state index is 10.5. The summed E-state index contributed by atoms with van der Waals surface area (Å²) in [5.74, 6) is 0.292. The molecule has 1 aliphatic rings. The Bertz CT molecular complexity index is 102. The zero-order valence-electron chi connectivity index (χ0n) is 6.41. The molecule has 72 valence electrons. The fourth-order valence-corrected chi connectivity index (χ4v) is 0.783. The van der Waals surface area contributed by atoms with Crippen LogP contribution >= 0.6 is 0 Å². The minimum atomic E-state index is 0. The first-order valence-corrected chi connectivity index (χ1v) is 2.54. The Kier molecular flexibility index (Phi) is 18.8. The van der Waals surface area contributed by atoms with E-state index in [4.69, 9.17) is 0 Å². The molecule has 1 rings (SSSR count). The summed E-state index contributed by atoms with van der Waals surface area (Å²) in [6, 6.07) is 0. The quantitative estimate of drug-likeness (QED) is 0.595. The number of halogens is 3. The van der Waals surface area contributed by atoms with Crippen LogP contribution < -0.4 is 6.15 Å². The van der Waals surface area contributed by atoms with Crippen LogP contribution in [0.15, 0.2) is 0 Å². The van der Waals surface area contributed by atoms with E-state index in [1.807, 2.05) is 7.05 Å². The van der Waals surface area contributed by atoms with Gasteiger partial charge in [0.25, 0.3) is 0 Å². The standard InChI is InChI=1S/C5H9NO.3FH.H3N/c1-6-4-2-3-5(6)7;;;;/h2-4H2,1H3;3*1H;1H3. The van der Waals surface area contributed by atoms with Crippen LogP contribution in [-0.4, -0.2) is 24.4 Å². The molecule has 0 aromatic carbocycles. The first kappa shape index (κ1) is 22.5. The highest BCUT2D eigenvalue weighted by atomic mass is 19.0. The Morgan fingerprint density at radius 3 is 1.82 bits per heavy atom. The van der Waals surface area contributed by atoms with E-state index in [2.05, 4.69) is 0 Å². The predicted octanol–water partition coefficient (Wildman–Crippen LogP) is 0.858. The lowest BCUT2D eigenvalue weighted by molar-refractivity contribution is -0.126. The van der Waals surface area contributed by atoms with Crippen molar-refractivity contribution in [2.24, 2.45) is 0 Å². The molecule has 0 radical (unpaired) electrons. The number of hydrogen-bond acceptors (Lipinski definition) is 2. The van der Waals surface area contributed by atoms with Crippen molar-refractivity contribution in [1.29, 1.82) is 0 Å². The maximum atomic E-state index is 10.5. The molecular weight excluding hydrogens is 161 g/mol. The van der Waals surface area contributed by atoms with Crippen molar-refractivity contribution in [3.63, 3.8) is 0 Å². The first-order chi connectivity index (χ1) is 3.30. The van der Waals surface area contributed by atoms with E-state index in [1.54, 1.807) is 4.90 Å². The highest BCUT2D eigenvalue weighted by molar-refractivity contribution is 5.77. The second-order valence-electron chi connectivity index (χ2n) is 1.92. The predicted molar refractivity (Wildman–Crippen MR) is 39.4 cm³/mol. The zero-order valence-corrected chi connectivity index (χ0v) is 6.41. The molecule has 3 nitrogen and oxygen atoms in total. The minimum absolute atomic E-state index is 0. The maximum Gasteiger partial charge on any atom is 0.222 e. The molecule has 6 heteroatoms. The van der Waals surface area contributed by atoms with Crippen molar-refractivity contribution < 1.29 is 18.9 Å². The molecule has 0 saturated carbocycles. The molecule has 1 aliphatic heterocycles. The highest BCUT2D eigenvalue weighted by Gasteiger charge is 2.14. The van der Waals surface area contributed by atoms with Gasteiger partial charge in [-0.3, -0.25) is 18.9 Å². The Hall–Kier alpha value is -0.780. The molecule has 1 fully saturated rings. The van der Waals surface area contributed by atoms with Crippen LogP contribution in [0.25, 0.3) is 0 Å². The lowest BCUT2D eigenvalue weighted by Gasteiger charge is -2.03. The van der Waals surface area contributed by atoms with Gasteiger partial charge in [-0.2, -0.15) is 0 Å². The van der Waals surface area contributed by atoms with E-state index in [9.17, 15) is 4.79 Å². The van der Waals surface area contributed by atoms with Crippen LogP contribution in [0.4, 0.5) is 14.1 Å². The minimum Gasteiger partial charge on any atom is -0.346 e. The summed E-state index contributed by atoms with van der Waals surface area (Å²) in [6.45, 7) is 0.957. The van der Waals surface area contributed by atoms with Gasteiger partial charge in [-0.25, -0.2) is 0 Å². The van der Waals surface area contributed by atoms with E-state index in [0.29, 0.717) is 5.91 Å². The molecule has 0 aromatic rings. The van der Waals surface area contributed by atoms with Gasteiger partial charge in [-0.15, -0.1) is 0 Å². The fraction of sp³-hybridized carbons (Fsp3) is 0.800. The second kappa shape index (κ2) is 9.22. The molecule has 11 heavy (non-hydrogen) atoms. The van der Waals surface area contributed by atoms with E-state index in [-0.39, 0.29) is 20.3 Å². The lowest BCUT2D eigenvalue weighted by Crippen LogP contribution is -2.17. The molecule has 0 aliphatic carbocycles. The average molecular weight is 176 g/mol. The Balaban J connectivity index is -0.0000000612. The molecule has 0 spiro atoms. The first-order valence-electron chi connectivity index (χ1n) is 2.54. The number of likely N-dealkylation sites (tertiary alicyclic amines) is 1. The van der Waals surface area contributed by atoms with E-state index in [0.717, 1.165) is 19.4 Å². The Morgan fingerprint density at radius 2 is 1.73 bits per heavy atom. The molecule has 1 heterocycles. The normalized spacial score (nSPS) is 13.5. The molecule has 3 N–H and O–H groups in total. The molecule has 0 atom stereocenters. The van der Waals surface area contributed by atoms with Gasteiger partial charge >= 0.3 is 0 Å².